The van der Waals surface area contributed by atoms with Crippen LogP contribution in [0.4, 0.5) is 0 Å². The van der Waals surface area contributed by atoms with E-state index in [-0.39, 0.29) is 11.8 Å². The Kier molecular flexibility index (Phi) is 4.38. The van der Waals surface area contributed by atoms with E-state index < -0.39 is 11.6 Å². The van der Waals surface area contributed by atoms with Crippen LogP contribution in [0.3, 0.4) is 0 Å². The van der Waals surface area contributed by atoms with Gasteiger partial charge in [-0.3, -0.25) is 9.59 Å². The Morgan fingerprint density at radius 1 is 0.917 bits per heavy atom. The predicted octanol–water partition coefficient (Wildman–Crippen LogP) is 2.53. The number of carbonyl (C=O) groups is 2. The quantitative estimate of drug-likeness (QED) is 0.940. The summed E-state index contributed by atoms with van der Waals surface area (Å²) in [4.78, 5) is 27.3. The molecule has 24 heavy (non-hydrogen) atoms. The first-order valence-electron chi connectivity index (χ1n) is 8.19. The average molecular weight is 322 g/mol. The number of carbonyl (C=O) groups excluding carboxylic acids is 2. The van der Waals surface area contributed by atoms with Gasteiger partial charge in [-0.2, -0.15) is 0 Å². The number of nitrogens with one attached hydrogen (secondary N) is 1. The maximum atomic E-state index is 13.0. The second-order valence-electron chi connectivity index (χ2n) is 6.68. The molecule has 1 fully saturated rings. The zero-order valence-corrected chi connectivity index (χ0v) is 14.0. The Bertz CT molecular complexity index is 726. The zero-order valence-electron chi connectivity index (χ0n) is 14.0. The number of amides is 2. The van der Waals surface area contributed by atoms with Crippen LogP contribution in [-0.4, -0.2) is 28.3 Å². The van der Waals surface area contributed by atoms with Crippen LogP contribution in [0.1, 0.15) is 25.0 Å². The van der Waals surface area contributed by atoms with E-state index in [2.05, 4.69) is 5.32 Å². The SMILES string of the molecule is CC1(C)C(=O)NC(Cc2ccccc2)C(=O)N1Cc1ccccc1. The molecule has 1 N–H and O–H groups in total. The third-order valence-corrected chi connectivity index (χ3v) is 4.57. The molecule has 1 heterocycles. The highest BCUT2D eigenvalue weighted by Crippen LogP contribution is 2.25. The molecule has 0 bridgehead atoms. The van der Waals surface area contributed by atoms with Gasteiger partial charge in [0, 0.05) is 13.0 Å². The van der Waals surface area contributed by atoms with Crippen molar-refractivity contribution in [2.24, 2.45) is 0 Å². The monoisotopic (exact) mass is 322 g/mol. The van der Waals surface area contributed by atoms with Crippen LogP contribution in [0.15, 0.2) is 60.7 Å². The number of piperazine rings is 1. The van der Waals surface area contributed by atoms with Crippen LogP contribution in [0.25, 0.3) is 0 Å². The van der Waals surface area contributed by atoms with E-state index in [0.717, 1.165) is 11.1 Å². The van der Waals surface area contributed by atoms with Crippen LogP contribution in [-0.2, 0) is 22.6 Å². The van der Waals surface area contributed by atoms with Gasteiger partial charge in [-0.05, 0) is 25.0 Å². The molecule has 1 saturated heterocycles. The van der Waals surface area contributed by atoms with Crippen molar-refractivity contribution in [1.29, 1.82) is 0 Å². The lowest BCUT2D eigenvalue weighted by atomic mass is 9.92. The topological polar surface area (TPSA) is 49.4 Å². The Hall–Kier alpha value is -2.62. The number of benzene rings is 2. The van der Waals surface area contributed by atoms with Gasteiger partial charge in [0.1, 0.15) is 11.6 Å². The lowest BCUT2D eigenvalue weighted by Crippen LogP contribution is -2.68. The van der Waals surface area contributed by atoms with Crippen LogP contribution in [0.5, 0.6) is 0 Å². The molecule has 4 heteroatoms. The fourth-order valence-electron chi connectivity index (χ4n) is 3.01. The molecule has 4 nitrogen and oxygen atoms in total. The molecule has 1 atom stereocenters. The first-order chi connectivity index (χ1) is 11.5. The van der Waals surface area contributed by atoms with Crippen molar-refractivity contribution in [1.82, 2.24) is 10.2 Å². The van der Waals surface area contributed by atoms with Crippen molar-refractivity contribution in [2.45, 2.75) is 38.4 Å². The summed E-state index contributed by atoms with van der Waals surface area (Å²) >= 11 is 0. The van der Waals surface area contributed by atoms with Gasteiger partial charge in [-0.15, -0.1) is 0 Å². The molecule has 0 spiro atoms. The summed E-state index contributed by atoms with van der Waals surface area (Å²) in [5.41, 5.74) is 1.20. The molecule has 0 radical (unpaired) electrons. The maximum Gasteiger partial charge on any atom is 0.246 e. The first-order valence-corrected chi connectivity index (χ1v) is 8.19. The minimum absolute atomic E-state index is 0.0349. The van der Waals surface area contributed by atoms with E-state index in [1.54, 1.807) is 18.7 Å². The summed E-state index contributed by atoms with van der Waals surface area (Å²) in [6, 6.07) is 19.0. The van der Waals surface area contributed by atoms with Gasteiger partial charge in [0.25, 0.3) is 0 Å². The van der Waals surface area contributed by atoms with E-state index in [0.29, 0.717) is 13.0 Å². The lowest BCUT2D eigenvalue weighted by molar-refractivity contribution is -0.156. The van der Waals surface area contributed by atoms with E-state index in [1.165, 1.54) is 0 Å². The Morgan fingerprint density at radius 2 is 1.46 bits per heavy atom. The van der Waals surface area contributed by atoms with Crippen LogP contribution in [0.2, 0.25) is 0 Å². The van der Waals surface area contributed by atoms with E-state index in [1.807, 2.05) is 60.7 Å². The molecule has 1 unspecified atom stereocenters. The van der Waals surface area contributed by atoms with E-state index in [4.69, 9.17) is 0 Å². The third-order valence-electron chi connectivity index (χ3n) is 4.57. The Balaban J connectivity index is 1.84. The van der Waals surface area contributed by atoms with Gasteiger partial charge in [0.2, 0.25) is 11.8 Å². The smallest absolute Gasteiger partial charge is 0.246 e. The fraction of sp³-hybridized carbons (Fsp3) is 0.300. The fourth-order valence-corrected chi connectivity index (χ4v) is 3.01. The molecular formula is C20H22N2O2. The molecule has 2 amide bonds. The maximum absolute atomic E-state index is 13.0. The minimum atomic E-state index is -0.861. The van der Waals surface area contributed by atoms with Gasteiger partial charge in [-0.25, -0.2) is 0 Å². The van der Waals surface area contributed by atoms with E-state index >= 15 is 0 Å². The summed E-state index contributed by atoms with van der Waals surface area (Å²) in [7, 11) is 0. The van der Waals surface area contributed by atoms with Gasteiger partial charge in [0.05, 0.1) is 0 Å². The largest absolute Gasteiger partial charge is 0.342 e. The second-order valence-corrected chi connectivity index (χ2v) is 6.68. The van der Waals surface area contributed by atoms with Crippen molar-refractivity contribution in [3.8, 4) is 0 Å². The molecule has 0 aromatic heterocycles. The Labute approximate surface area is 142 Å². The molecule has 3 rings (SSSR count). The molecular weight excluding hydrogens is 300 g/mol. The van der Waals surface area contributed by atoms with Crippen LogP contribution in [0, 0.1) is 0 Å². The highest BCUT2D eigenvalue weighted by atomic mass is 16.2. The summed E-state index contributed by atoms with van der Waals surface area (Å²) in [6.45, 7) is 4.02. The highest BCUT2D eigenvalue weighted by molar-refractivity contribution is 5.99. The predicted molar refractivity (Wildman–Crippen MR) is 93.1 cm³/mol. The summed E-state index contributed by atoms with van der Waals surface area (Å²) < 4.78 is 0. The van der Waals surface area contributed by atoms with Crippen LogP contribution >= 0.6 is 0 Å². The summed E-state index contributed by atoms with van der Waals surface area (Å²) in [6.07, 6.45) is 0.507. The summed E-state index contributed by atoms with van der Waals surface area (Å²) in [5, 5.41) is 2.89. The number of rotatable bonds is 4. The van der Waals surface area contributed by atoms with Crippen LogP contribution < -0.4 is 5.32 Å². The van der Waals surface area contributed by atoms with Gasteiger partial charge in [0.15, 0.2) is 0 Å². The van der Waals surface area contributed by atoms with Crippen molar-refractivity contribution < 1.29 is 9.59 Å². The van der Waals surface area contributed by atoms with Crippen molar-refractivity contribution in [3.05, 3.63) is 71.8 Å². The standard InChI is InChI=1S/C20H22N2O2/c1-20(2)19(24)21-17(13-15-9-5-3-6-10-15)18(23)22(20)14-16-11-7-4-8-12-16/h3-12,17H,13-14H2,1-2H3,(H,21,24). The zero-order chi connectivity index (χ0) is 17.2. The van der Waals surface area contributed by atoms with Crippen molar-refractivity contribution in [2.75, 3.05) is 0 Å². The van der Waals surface area contributed by atoms with E-state index in [9.17, 15) is 9.59 Å². The minimum Gasteiger partial charge on any atom is -0.342 e. The number of hydrogen-bond acceptors (Lipinski definition) is 2. The molecule has 1 aliphatic rings. The normalized spacial score (nSPS) is 19.9. The van der Waals surface area contributed by atoms with Gasteiger partial charge in [-0.1, -0.05) is 60.7 Å². The number of hydrogen-bond donors (Lipinski definition) is 1. The molecule has 2 aromatic carbocycles. The first kappa shape index (κ1) is 16.2. The summed E-state index contributed by atoms with van der Waals surface area (Å²) in [5.74, 6) is -0.147. The Morgan fingerprint density at radius 3 is 2.04 bits per heavy atom. The highest BCUT2D eigenvalue weighted by Gasteiger charge is 2.46. The van der Waals surface area contributed by atoms with Crippen molar-refractivity contribution in [3.63, 3.8) is 0 Å². The molecule has 2 aromatic rings. The van der Waals surface area contributed by atoms with Gasteiger partial charge < -0.3 is 10.2 Å². The van der Waals surface area contributed by atoms with Crippen molar-refractivity contribution >= 4 is 11.8 Å². The molecule has 124 valence electrons. The second kappa shape index (κ2) is 6.48. The van der Waals surface area contributed by atoms with Gasteiger partial charge >= 0.3 is 0 Å². The number of nitrogens with zero attached hydrogens (tertiary/aromatic N) is 1. The lowest BCUT2D eigenvalue weighted by Gasteiger charge is -2.44. The molecule has 1 aliphatic heterocycles. The molecule has 0 saturated carbocycles. The molecule has 0 aliphatic carbocycles. The third kappa shape index (κ3) is 3.18. The average Bonchev–Trinajstić information content (AvgIpc) is 2.59.